The lowest BCUT2D eigenvalue weighted by Gasteiger charge is -2.12. The van der Waals surface area contributed by atoms with Crippen molar-refractivity contribution in [2.24, 2.45) is 7.05 Å². The zero-order valence-electron chi connectivity index (χ0n) is 10.0. The standard InChI is InChI=1S/C12H20N2O/c1-6-8(2)7-11(15)12-9(3)13-14(5)10(12)4/h11,15H,2,6-7H2,1,3-5H3. The van der Waals surface area contributed by atoms with Crippen molar-refractivity contribution in [3.05, 3.63) is 29.1 Å². The van der Waals surface area contributed by atoms with Crippen molar-refractivity contribution >= 4 is 0 Å². The number of hydrogen-bond acceptors (Lipinski definition) is 2. The molecule has 0 radical (unpaired) electrons. The van der Waals surface area contributed by atoms with Crippen LogP contribution in [-0.2, 0) is 7.05 Å². The molecule has 1 aromatic rings. The first-order valence-electron chi connectivity index (χ1n) is 5.32. The Morgan fingerprint density at radius 3 is 2.53 bits per heavy atom. The van der Waals surface area contributed by atoms with Crippen LogP contribution in [0.4, 0.5) is 0 Å². The average Bonchev–Trinajstić information content (AvgIpc) is 2.41. The molecule has 3 heteroatoms. The average molecular weight is 208 g/mol. The van der Waals surface area contributed by atoms with E-state index >= 15 is 0 Å². The number of hydrogen-bond donors (Lipinski definition) is 1. The van der Waals surface area contributed by atoms with E-state index in [1.54, 1.807) is 0 Å². The maximum Gasteiger partial charge on any atom is 0.0862 e. The summed E-state index contributed by atoms with van der Waals surface area (Å²) in [6, 6.07) is 0. The summed E-state index contributed by atoms with van der Waals surface area (Å²) in [6.07, 6.45) is 1.07. The van der Waals surface area contributed by atoms with Gasteiger partial charge >= 0.3 is 0 Å². The SMILES string of the molecule is C=C(CC)CC(O)c1c(C)nn(C)c1C. The lowest BCUT2D eigenvalue weighted by atomic mass is 10.00. The first-order chi connectivity index (χ1) is 6.97. The van der Waals surface area contributed by atoms with E-state index in [9.17, 15) is 5.11 Å². The molecule has 0 aliphatic heterocycles. The Hall–Kier alpha value is -1.09. The normalized spacial score (nSPS) is 12.9. The van der Waals surface area contributed by atoms with Gasteiger partial charge in [-0.25, -0.2) is 0 Å². The van der Waals surface area contributed by atoms with Gasteiger partial charge in [0.25, 0.3) is 0 Å². The predicted molar refractivity (Wildman–Crippen MR) is 61.7 cm³/mol. The van der Waals surface area contributed by atoms with Gasteiger partial charge in [0.05, 0.1) is 11.8 Å². The molecular formula is C12H20N2O. The fourth-order valence-electron chi connectivity index (χ4n) is 1.79. The van der Waals surface area contributed by atoms with Crippen LogP contribution < -0.4 is 0 Å². The Kier molecular flexibility index (Phi) is 3.69. The largest absolute Gasteiger partial charge is 0.388 e. The quantitative estimate of drug-likeness (QED) is 0.772. The van der Waals surface area contributed by atoms with Crippen molar-refractivity contribution in [1.82, 2.24) is 9.78 Å². The van der Waals surface area contributed by atoms with Crippen LogP contribution >= 0.6 is 0 Å². The highest BCUT2D eigenvalue weighted by atomic mass is 16.3. The number of aliphatic hydroxyl groups is 1. The van der Waals surface area contributed by atoms with Gasteiger partial charge in [0.2, 0.25) is 0 Å². The summed E-state index contributed by atoms with van der Waals surface area (Å²) >= 11 is 0. The first-order valence-corrected chi connectivity index (χ1v) is 5.32. The third-order valence-corrected chi connectivity index (χ3v) is 2.88. The maximum absolute atomic E-state index is 10.1. The summed E-state index contributed by atoms with van der Waals surface area (Å²) in [4.78, 5) is 0. The molecule has 3 nitrogen and oxygen atoms in total. The summed E-state index contributed by atoms with van der Waals surface area (Å²) in [5, 5.41) is 14.4. The van der Waals surface area contributed by atoms with Crippen molar-refractivity contribution in [1.29, 1.82) is 0 Å². The molecule has 84 valence electrons. The molecule has 1 rings (SSSR count). The zero-order valence-corrected chi connectivity index (χ0v) is 10.0. The second-order valence-corrected chi connectivity index (χ2v) is 4.03. The Balaban J connectivity index is 2.90. The van der Waals surface area contributed by atoms with E-state index in [0.29, 0.717) is 6.42 Å². The van der Waals surface area contributed by atoms with Gasteiger partial charge in [-0.1, -0.05) is 19.1 Å². The smallest absolute Gasteiger partial charge is 0.0862 e. The van der Waals surface area contributed by atoms with Gasteiger partial charge in [0.1, 0.15) is 0 Å². The Bertz CT molecular complexity index is 366. The van der Waals surface area contributed by atoms with Gasteiger partial charge in [-0.05, 0) is 26.7 Å². The van der Waals surface area contributed by atoms with E-state index < -0.39 is 6.10 Å². The second-order valence-electron chi connectivity index (χ2n) is 4.03. The van der Waals surface area contributed by atoms with Crippen LogP contribution in [0.2, 0.25) is 0 Å². The van der Waals surface area contributed by atoms with E-state index in [0.717, 1.165) is 28.9 Å². The maximum atomic E-state index is 10.1. The third kappa shape index (κ3) is 2.48. The molecule has 1 heterocycles. The summed E-state index contributed by atoms with van der Waals surface area (Å²) in [5.74, 6) is 0. The number of aromatic nitrogens is 2. The van der Waals surface area contributed by atoms with Crippen LogP contribution in [0.1, 0.15) is 42.8 Å². The fraction of sp³-hybridized carbons (Fsp3) is 0.583. The molecule has 0 amide bonds. The van der Waals surface area contributed by atoms with Crippen LogP contribution in [0, 0.1) is 13.8 Å². The fourth-order valence-corrected chi connectivity index (χ4v) is 1.79. The summed E-state index contributed by atoms with van der Waals surface area (Å²) in [6.45, 7) is 9.88. The van der Waals surface area contributed by atoms with Gasteiger partial charge in [-0.2, -0.15) is 5.10 Å². The number of aryl methyl sites for hydroxylation is 2. The monoisotopic (exact) mass is 208 g/mol. The lowest BCUT2D eigenvalue weighted by molar-refractivity contribution is 0.176. The minimum Gasteiger partial charge on any atom is -0.388 e. The van der Waals surface area contributed by atoms with Crippen LogP contribution in [0.5, 0.6) is 0 Å². The molecule has 1 N–H and O–H groups in total. The first kappa shape index (κ1) is 12.0. The van der Waals surface area contributed by atoms with E-state index in [4.69, 9.17) is 0 Å². The van der Waals surface area contributed by atoms with E-state index in [1.807, 2.05) is 25.6 Å². The lowest BCUT2D eigenvalue weighted by Crippen LogP contribution is -2.02. The van der Waals surface area contributed by atoms with Gasteiger partial charge in [0, 0.05) is 18.3 Å². The molecule has 1 aromatic heterocycles. The van der Waals surface area contributed by atoms with Gasteiger partial charge in [-0.15, -0.1) is 0 Å². The molecule has 0 saturated heterocycles. The van der Waals surface area contributed by atoms with Crippen LogP contribution in [0.3, 0.4) is 0 Å². The molecular weight excluding hydrogens is 188 g/mol. The van der Waals surface area contributed by atoms with E-state index in [2.05, 4.69) is 18.6 Å². The molecule has 0 saturated carbocycles. The summed E-state index contributed by atoms with van der Waals surface area (Å²) in [7, 11) is 1.90. The Labute approximate surface area is 91.4 Å². The molecule has 0 fully saturated rings. The molecule has 0 aromatic carbocycles. The second kappa shape index (κ2) is 4.62. The predicted octanol–water partition coefficient (Wildman–Crippen LogP) is 2.43. The number of aliphatic hydroxyl groups excluding tert-OH is 1. The zero-order chi connectivity index (χ0) is 11.6. The van der Waals surface area contributed by atoms with Gasteiger partial charge in [0.15, 0.2) is 0 Å². The van der Waals surface area contributed by atoms with E-state index in [-0.39, 0.29) is 0 Å². The van der Waals surface area contributed by atoms with Crippen LogP contribution in [0.15, 0.2) is 12.2 Å². The van der Waals surface area contributed by atoms with Crippen molar-refractivity contribution < 1.29 is 5.11 Å². The minimum atomic E-state index is -0.467. The van der Waals surface area contributed by atoms with Crippen molar-refractivity contribution in [2.45, 2.75) is 39.7 Å². The number of rotatable bonds is 4. The minimum absolute atomic E-state index is 0.467. The molecule has 0 spiro atoms. The molecule has 1 unspecified atom stereocenters. The highest BCUT2D eigenvalue weighted by Crippen LogP contribution is 2.26. The third-order valence-electron chi connectivity index (χ3n) is 2.88. The molecule has 0 aliphatic rings. The molecule has 0 bridgehead atoms. The van der Waals surface area contributed by atoms with Crippen molar-refractivity contribution in [3.8, 4) is 0 Å². The molecule has 15 heavy (non-hydrogen) atoms. The van der Waals surface area contributed by atoms with Crippen LogP contribution in [-0.4, -0.2) is 14.9 Å². The highest BCUT2D eigenvalue weighted by Gasteiger charge is 2.17. The highest BCUT2D eigenvalue weighted by molar-refractivity contribution is 5.27. The molecule has 1 atom stereocenters. The van der Waals surface area contributed by atoms with E-state index in [1.165, 1.54) is 0 Å². The topological polar surface area (TPSA) is 38.1 Å². The van der Waals surface area contributed by atoms with Crippen molar-refractivity contribution in [3.63, 3.8) is 0 Å². The Morgan fingerprint density at radius 1 is 1.53 bits per heavy atom. The van der Waals surface area contributed by atoms with Gasteiger partial charge in [-0.3, -0.25) is 4.68 Å². The van der Waals surface area contributed by atoms with Crippen LogP contribution in [0.25, 0.3) is 0 Å². The Morgan fingerprint density at radius 2 is 2.13 bits per heavy atom. The summed E-state index contributed by atoms with van der Waals surface area (Å²) < 4.78 is 1.81. The van der Waals surface area contributed by atoms with Gasteiger partial charge < -0.3 is 5.11 Å². The van der Waals surface area contributed by atoms with Crippen molar-refractivity contribution in [2.75, 3.05) is 0 Å². The number of nitrogens with zero attached hydrogens (tertiary/aromatic N) is 2. The molecule has 0 aliphatic carbocycles. The summed E-state index contributed by atoms with van der Waals surface area (Å²) in [5.41, 5.74) is 3.97.